The van der Waals surface area contributed by atoms with Gasteiger partial charge in [0.05, 0.1) is 11.7 Å². The molecule has 0 aromatic heterocycles. The molecule has 1 heterocycles. The largest absolute Gasteiger partial charge is 0.489 e. The van der Waals surface area contributed by atoms with Crippen molar-refractivity contribution in [2.24, 2.45) is 5.73 Å². The Kier molecular flexibility index (Phi) is 2.97. The van der Waals surface area contributed by atoms with Crippen molar-refractivity contribution < 1.29 is 4.74 Å². The lowest BCUT2D eigenvalue weighted by molar-refractivity contribution is 0.277. The zero-order valence-corrected chi connectivity index (χ0v) is 8.70. The van der Waals surface area contributed by atoms with E-state index >= 15 is 0 Å². The van der Waals surface area contributed by atoms with Crippen LogP contribution in [0.4, 0.5) is 11.4 Å². The van der Waals surface area contributed by atoms with Crippen LogP contribution < -0.4 is 21.5 Å². The third-order valence-electron chi connectivity index (χ3n) is 2.56. The van der Waals surface area contributed by atoms with Crippen molar-refractivity contribution in [1.82, 2.24) is 0 Å². The van der Waals surface area contributed by atoms with Crippen molar-refractivity contribution >= 4 is 11.4 Å². The summed E-state index contributed by atoms with van der Waals surface area (Å²) in [6.45, 7) is 1.42. The first-order chi connectivity index (χ1) is 7.29. The second-order valence-corrected chi connectivity index (χ2v) is 3.84. The summed E-state index contributed by atoms with van der Waals surface area (Å²) >= 11 is 0. The Hall–Kier alpha value is -1.42. The summed E-state index contributed by atoms with van der Waals surface area (Å²) in [6.07, 6.45) is 2.06. The highest BCUT2D eigenvalue weighted by Crippen LogP contribution is 2.31. The first-order valence-electron chi connectivity index (χ1n) is 5.28. The molecule has 0 spiro atoms. The standard InChI is InChI=1S/C11H17N3O/c12-5-1-2-9-7-15-11-6-8(13)3-4-10(11)14-9/h3-4,6,9,14H,1-2,5,7,12-13H2. The molecule has 1 aliphatic rings. The molecule has 0 amide bonds. The third kappa shape index (κ3) is 2.33. The molecular formula is C11H17N3O. The summed E-state index contributed by atoms with van der Waals surface area (Å²) in [5, 5.41) is 3.42. The Morgan fingerprint density at radius 2 is 2.33 bits per heavy atom. The maximum atomic E-state index is 5.67. The van der Waals surface area contributed by atoms with Gasteiger partial charge in [0.1, 0.15) is 12.4 Å². The number of rotatable bonds is 3. The molecule has 1 aromatic carbocycles. The molecule has 1 atom stereocenters. The number of fused-ring (bicyclic) bond motifs is 1. The number of ether oxygens (including phenoxy) is 1. The molecule has 0 fully saturated rings. The van der Waals surface area contributed by atoms with E-state index in [-0.39, 0.29) is 0 Å². The van der Waals surface area contributed by atoms with Gasteiger partial charge in [-0.2, -0.15) is 0 Å². The minimum Gasteiger partial charge on any atom is -0.489 e. The lowest BCUT2D eigenvalue weighted by Crippen LogP contribution is -2.31. The average molecular weight is 207 g/mol. The summed E-state index contributed by atoms with van der Waals surface area (Å²) < 4.78 is 5.63. The highest BCUT2D eigenvalue weighted by molar-refractivity contribution is 5.63. The number of nitrogen functional groups attached to an aromatic ring is 1. The molecule has 82 valence electrons. The van der Waals surface area contributed by atoms with Crippen molar-refractivity contribution in [2.75, 3.05) is 24.2 Å². The molecule has 0 aliphatic carbocycles. The number of hydrogen-bond donors (Lipinski definition) is 3. The van der Waals surface area contributed by atoms with E-state index in [0.29, 0.717) is 12.6 Å². The fourth-order valence-electron chi connectivity index (χ4n) is 1.75. The number of hydrogen-bond acceptors (Lipinski definition) is 4. The normalized spacial score (nSPS) is 18.9. The Labute approximate surface area is 89.6 Å². The Morgan fingerprint density at radius 1 is 1.47 bits per heavy atom. The predicted molar refractivity (Wildman–Crippen MR) is 62.0 cm³/mol. The molecular weight excluding hydrogens is 190 g/mol. The van der Waals surface area contributed by atoms with Crippen LogP contribution in [0.5, 0.6) is 5.75 Å². The fourth-order valence-corrected chi connectivity index (χ4v) is 1.75. The van der Waals surface area contributed by atoms with Crippen molar-refractivity contribution in [3.05, 3.63) is 18.2 Å². The highest BCUT2D eigenvalue weighted by Gasteiger charge is 2.17. The van der Waals surface area contributed by atoms with Gasteiger partial charge in [-0.1, -0.05) is 0 Å². The molecule has 1 aromatic rings. The first-order valence-corrected chi connectivity index (χ1v) is 5.28. The first kappa shape index (κ1) is 10.1. The third-order valence-corrected chi connectivity index (χ3v) is 2.56. The minimum atomic E-state index is 0.365. The molecule has 5 N–H and O–H groups in total. The Morgan fingerprint density at radius 3 is 3.13 bits per heavy atom. The van der Waals surface area contributed by atoms with Crippen molar-refractivity contribution in [1.29, 1.82) is 0 Å². The second kappa shape index (κ2) is 4.40. The van der Waals surface area contributed by atoms with Gasteiger partial charge in [-0.05, 0) is 31.5 Å². The number of benzene rings is 1. The van der Waals surface area contributed by atoms with Crippen molar-refractivity contribution in [3.8, 4) is 5.75 Å². The lowest BCUT2D eigenvalue weighted by Gasteiger charge is -2.27. The smallest absolute Gasteiger partial charge is 0.144 e. The topological polar surface area (TPSA) is 73.3 Å². The molecule has 2 rings (SSSR count). The van der Waals surface area contributed by atoms with Gasteiger partial charge in [0.2, 0.25) is 0 Å². The van der Waals surface area contributed by atoms with Crippen molar-refractivity contribution in [3.63, 3.8) is 0 Å². The van der Waals surface area contributed by atoms with Gasteiger partial charge >= 0.3 is 0 Å². The summed E-state index contributed by atoms with van der Waals surface area (Å²) in [5.41, 5.74) is 12.9. The van der Waals surface area contributed by atoms with Crippen molar-refractivity contribution in [2.45, 2.75) is 18.9 Å². The van der Waals surface area contributed by atoms with Crippen LogP contribution in [0.2, 0.25) is 0 Å². The van der Waals surface area contributed by atoms with Gasteiger partial charge in [0.15, 0.2) is 0 Å². The van der Waals surface area contributed by atoms with E-state index in [1.165, 1.54) is 0 Å². The summed E-state index contributed by atoms with van der Waals surface area (Å²) in [4.78, 5) is 0. The molecule has 0 saturated heterocycles. The molecule has 4 heteroatoms. The summed E-state index contributed by atoms with van der Waals surface area (Å²) in [6, 6.07) is 6.05. The quantitative estimate of drug-likeness (QED) is 0.651. The van der Waals surface area contributed by atoms with Gasteiger partial charge in [0, 0.05) is 11.8 Å². The van der Waals surface area contributed by atoms with Crippen LogP contribution in [0.1, 0.15) is 12.8 Å². The molecule has 1 aliphatic heterocycles. The van der Waals surface area contributed by atoms with Crippen LogP contribution in [0, 0.1) is 0 Å². The van der Waals surface area contributed by atoms with Crippen LogP contribution >= 0.6 is 0 Å². The summed E-state index contributed by atoms with van der Waals surface area (Å²) in [7, 11) is 0. The Balaban J connectivity index is 2.03. The molecule has 1 unspecified atom stereocenters. The summed E-state index contributed by atoms with van der Waals surface area (Å²) in [5.74, 6) is 0.846. The minimum absolute atomic E-state index is 0.365. The number of anilines is 2. The van der Waals surface area contributed by atoms with E-state index in [1.54, 1.807) is 0 Å². The zero-order chi connectivity index (χ0) is 10.7. The predicted octanol–water partition coefficient (Wildman–Crippen LogP) is 1.18. The van der Waals surface area contributed by atoms with Gasteiger partial charge in [-0.3, -0.25) is 0 Å². The van der Waals surface area contributed by atoms with Crippen LogP contribution in [0.15, 0.2) is 18.2 Å². The average Bonchev–Trinajstić information content (AvgIpc) is 2.26. The SMILES string of the molecule is NCCCC1COc2cc(N)ccc2N1. The maximum absolute atomic E-state index is 5.67. The van der Waals surface area contributed by atoms with E-state index in [4.69, 9.17) is 16.2 Å². The van der Waals surface area contributed by atoms with Gasteiger partial charge in [-0.25, -0.2) is 0 Å². The number of nitrogens with two attached hydrogens (primary N) is 2. The molecule has 0 saturated carbocycles. The Bertz CT molecular complexity index is 341. The van der Waals surface area contributed by atoms with Crippen LogP contribution in [-0.2, 0) is 0 Å². The molecule has 4 nitrogen and oxygen atoms in total. The van der Waals surface area contributed by atoms with E-state index in [1.807, 2.05) is 18.2 Å². The fraction of sp³-hybridized carbons (Fsp3) is 0.455. The van der Waals surface area contributed by atoms with Gasteiger partial charge in [0.25, 0.3) is 0 Å². The number of nitrogens with one attached hydrogen (secondary N) is 1. The van der Waals surface area contributed by atoms with E-state index in [2.05, 4.69) is 5.32 Å². The van der Waals surface area contributed by atoms with Gasteiger partial charge < -0.3 is 21.5 Å². The zero-order valence-electron chi connectivity index (χ0n) is 8.70. The monoisotopic (exact) mass is 207 g/mol. The second-order valence-electron chi connectivity index (χ2n) is 3.84. The molecule has 0 radical (unpaired) electrons. The van der Waals surface area contributed by atoms with E-state index in [9.17, 15) is 0 Å². The van der Waals surface area contributed by atoms with Gasteiger partial charge in [-0.15, -0.1) is 0 Å². The van der Waals surface area contributed by atoms with Crippen LogP contribution in [0.3, 0.4) is 0 Å². The van der Waals surface area contributed by atoms with Crippen LogP contribution in [-0.4, -0.2) is 19.2 Å². The van der Waals surface area contributed by atoms with Crippen LogP contribution in [0.25, 0.3) is 0 Å². The maximum Gasteiger partial charge on any atom is 0.144 e. The lowest BCUT2D eigenvalue weighted by atomic mass is 10.1. The molecule has 15 heavy (non-hydrogen) atoms. The highest BCUT2D eigenvalue weighted by atomic mass is 16.5. The molecule has 0 bridgehead atoms. The van der Waals surface area contributed by atoms with E-state index < -0.39 is 0 Å². The van der Waals surface area contributed by atoms with E-state index in [0.717, 1.165) is 36.5 Å².